The lowest BCUT2D eigenvalue weighted by atomic mass is 10.1. The number of rotatable bonds is 4. The first-order chi connectivity index (χ1) is 13.1. The summed E-state index contributed by atoms with van der Waals surface area (Å²) in [5.74, 6) is 1.34. The summed E-state index contributed by atoms with van der Waals surface area (Å²) in [5, 5.41) is 0.661. The van der Waals surface area contributed by atoms with Gasteiger partial charge in [-0.25, -0.2) is 0 Å². The Hall–Kier alpha value is -3.04. The highest BCUT2D eigenvalue weighted by Gasteiger charge is 2.27. The van der Waals surface area contributed by atoms with Gasteiger partial charge in [0.1, 0.15) is 18.1 Å². The molecule has 0 aromatic heterocycles. The minimum Gasteiger partial charge on any atom is -0.489 e. The van der Waals surface area contributed by atoms with Crippen molar-refractivity contribution >= 4 is 23.5 Å². The van der Waals surface area contributed by atoms with Crippen molar-refractivity contribution in [2.24, 2.45) is 0 Å². The molecule has 0 fully saturated rings. The molecule has 3 aromatic rings. The van der Waals surface area contributed by atoms with Gasteiger partial charge in [-0.2, -0.15) is 0 Å². The molecule has 0 aliphatic carbocycles. The number of halogens is 1. The highest BCUT2D eigenvalue weighted by atomic mass is 35.5. The Morgan fingerprint density at radius 2 is 1.81 bits per heavy atom. The first kappa shape index (κ1) is 17.4. The van der Waals surface area contributed by atoms with Gasteiger partial charge in [0.05, 0.1) is 5.56 Å². The topological polar surface area (TPSA) is 35.5 Å². The van der Waals surface area contributed by atoms with Crippen molar-refractivity contribution < 1.29 is 14.3 Å². The van der Waals surface area contributed by atoms with Crippen LogP contribution >= 0.6 is 11.6 Å². The number of hydrogen-bond acceptors (Lipinski definition) is 3. The summed E-state index contributed by atoms with van der Waals surface area (Å²) in [7, 11) is 0. The molecule has 0 unspecified atom stereocenters. The molecule has 1 heterocycles. The van der Waals surface area contributed by atoms with Crippen molar-refractivity contribution in [2.75, 3.05) is 0 Å². The first-order valence-electron chi connectivity index (χ1n) is 8.62. The quantitative estimate of drug-likeness (QED) is 0.536. The number of aryl methyl sites for hydroxylation is 1. The third-order valence-electron chi connectivity index (χ3n) is 4.47. The Bertz CT molecular complexity index is 1050. The Balaban J connectivity index is 1.54. The van der Waals surface area contributed by atoms with Crippen LogP contribution in [0.5, 0.6) is 11.5 Å². The second-order valence-corrected chi connectivity index (χ2v) is 6.74. The summed E-state index contributed by atoms with van der Waals surface area (Å²) in [5.41, 5.74) is 3.49. The molecule has 1 aliphatic heterocycles. The molecule has 1 aliphatic rings. The number of carbonyl (C=O) groups excluding carboxylic acids is 1. The average Bonchev–Trinajstić information content (AvgIpc) is 2.98. The second kappa shape index (κ2) is 7.29. The van der Waals surface area contributed by atoms with Crippen molar-refractivity contribution in [1.82, 2.24) is 0 Å². The molecule has 0 N–H and O–H groups in total. The lowest BCUT2D eigenvalue weighted by Gasteiger charge is -2.08. The number of carbonyl (C=O) groups is 1. The van der Waals surface area contributed by atoms with Crippen LogP contribution in [-0.2, 0) is 6.61 Å². The van der Waals surface area contributed by atoms with E-state index in [1.54, 1.807) is 24.3 Å². The van der Waals surface area contributed by atoms with E-state index in [-0.39, 0.29) is 5.78 Å². The number of hydrogen-bond donors (Lipinski definition) is 0. The third-order valence-corrected chi connectivity index (χ3v) is 4.84. The monoisotopic (exact) mass is 376 g/mol. The number of ether oxygens (including phenoxy) is 2. The molecule has 0 saturated carbocycles. The van der Waals surface area contributed by atoms with Gasteiger partial charge in [-0.15, -0.1) is 0 Å². The Morgan fingerprint density at radius 3 is 2.63 bits per heavy atom. The number of ketones is 1. The van der Waals surface area contributed by atoms with Gasteiger partial charge in [0.15, 0.2) is 5.76 Å². The van der Waals surface area contributed by atoms with Crippen LogP contribution in [0, 0.1) is 6.92 Å². The standard InChI is InChI=1S/C23H17ClO3/c1-15-6-2-3-7-16(15)12-22-23(25)19-11-10-18(13-21(19)27-22)26-14-17-8-4-5-9-20(17)24/h2-13H,14H2,1H3/b22-12-. The molecule has 27 heavy (non-hydrogen) atoms. The van der Waals surface area contributed by atoms with Crippen molar-refractivity contribution in [1.29, 1.82) is 0 Å². The molecule has 3 nitrogen and oxygen atoms in total. The van der Waals surface area contributed by atoms with Gasteiger partial charge in [-0.3, -0.25) is 4.79 Å². The van der Waals surface area contributed by atoms with Gasteiger partial charge < -0.3 is 9.47 Å². The lowest BCUT2D eigenvalue weighted by molar-refractivity contribution is 0.101. The first-order valence-corrected chi connectivity index (χ1v) is 9.00. The van der Waals surface area contributed by atoms with E-state index < -0.39 is 0 Å². The molecular formula is C23H17ClO3. The Morgan fingerprint density at radius 1 is 1.04 bits per heavy atom. The zero-order valence-electron chi connectivity index (χ0n) is 14.7. The predicted octanol–water partition coefficient (Wildman–Crippen LogP) is 5.84. The molecule has 134 valence electrons. The molecule has 0 spiro atoms. The third kappa shape index (κ3) is 3.60. The van der Waals surface area contributed by atoms with E-state index in [0.29, 0.717) is 34.5 Å². The van der Waals surface area contributed by atoms with Gasteiger partial charge in [0, 0.05) is 16.7 Å². The molecule has 0 saturated heterocycles. The fourth-order valence-electron chi connectivity index (χ4n) is 2.92. The minimum absolute atomic E-state index is 0.120. The van der Waals surface area contributed by atoms with Crippen LogP contribution in [0.3, 0.4) is 0 Å². The number of allylic oxidation sites excluding steroid dienone is 1. The van der Waals surface area contributed by atoms with E-state index in [1.807, 2.05) is 55.5 Å². The summed E-state index contributed by atoms with van der Waals surface area (Å²) in [6.45, 7) is 2.35. The van der Waals surface area contributed by atoms with E-state index in [2.05, 4.69) is 0 Å². The molecular weight excluding hydrogens is 360 g/mol. The second-order valence-electron chi connectivity index (χ2n) is 6.33. The SMILES string of the molecule is Cc1ccccc1/C=C1\Oc2cc(OCc3ccccc3Cl)ccc2C1=O. The van der Waals surface area contributed by atoms with Gasteiger partial charge >= 0.3 is 0 Å². The van der Waals surface area contributed by atoms with Crippen molar-refractivity contribution in [2.45, 2.75) is 13.5 Å². The molecule has 0 amide bonds. The summed E-state index contributed by atoms with van der Waals surface area (Å²) in [6.07, 6.45) is 1.78. The van der Waals surface area contributed by atoms with Crippen LogP contribution in [0.4, 0.5) is 0 Å². The van der Waals surface area contributed by atoms with E-state index >= 15 is 0 Å². The Labute approximate surface area is 162 Å². The molecule has 4 heteroatoms. The smallest absolute Gasteiger partial charge is 0.231 e. The van der Waals surface area contributed by atoms with Crippen LogP contribution < -0.4 is 9.47 Å². The zero-order valence-corrected chi connectivity index (χ0v) is 15.5. The maximum Gasteiger partial charge on any atom is 0.231 e. The van der Waals surface area contributed by atoms with Crippen LogP contribution in [0.15, 0.2) is 72.5 Å². The van der Waals surface area contributed by atoms with Crippen molar-refractivity contribution in [3.05, 3.63) is 99.8 Å². The summed E-state index contributed by atoms with van der Waals surface area (Å²) >= 11 is 6.16. The number of Topliss-reactive ketones (excluding diaryl/α,β-unsaturated/α-hetero) is 1. The van der Waals surface area contributed by atoms with Crippen LogP contribution in [0.2, 0.25) is 5.02 Å². The van der Waals surface area contributed by atoms with E-state index in [9.17, 15) is 4.79 Å². The summed E-state index contributed by atoms with van der Waals surface area (Å²) < 4.78 is 11.6. The molecule has 4 rings (SSSR count). The molecule has 0 bridgehead atoms. The van der Waals surface area contributed by atoms with Gasteiger partial charge in [-0.1, -0.05) is 54.1 Å². The lowest BCUT2D eigenvalue weighted by Crippen LogP contribution is -1.98. The maximum absolute atomic E-state index is 12.6. The highest BCUT2D eigenvalue weighted by molar-refractivity contribution is 6.31. The van der Waals surface area contributed by atoms with Crippen LogP contribution in [-0.4, -0.2) is 5.78 Å². The van der Waals surface area contributed by atoms with Gasteiger partial charge in [0.2, 0.25) is 5.78 Å². The zero-order chi connectivity index (χ0) is 18.8. The molecule has 3 aromatic carbocycles. The number of fused-ring (bicyclic) bond motifs is 1. The van der Waals surface area contributed by atoms with E-state index in [4.69, 9.17) is 21.1 Å². The van der Waals surface area contributed by atoms with Crippen molar-refractivity contribution in [3.8, 4) is 11.5 Å². The fraction of sp³-hybridized carbons (Fsp3) is 0.0870. The summed E-state index contributed by atoms with van der Waals surface area (Å²) in [6, 6.07) is 20.6. The van der Waals surface area contributed by atoms with Crippen LogP contribution in [0.25, 0.3) is 6.08 Å². The number of benzene rings is 3. The van der Waals surface area contributed by atoms with Crippen molar-refractivity contribution in [3.63, 3.8) is 0 Å². The minimum atomic E-state index is -0.120. The van der Waals surface area contributed by atoms with Gasteiger partial charge in [0.25, 0.3) is 0 Å². The average molecular weight is 377 g/mol. The largest absolute Gasteiger partial charge is 0.489 e. The maximum atomic E-state index is 12.6. The summed E-state index contributed by atoms with van der Waals surface area (Å²) in [4.78, 5) is 12.6. The normalized spacial score (nSPS) is 14.1. The van der Waals surface area contributed by atoms with Crippen LogP contribution in [0.1, 0.15) is 27.0 Å². The van der Waals surface area contributed by atoms with E-state index in [0.717, 1.165) is 16.7 Å². The molecule has 0 radical (unpaired) electrons. The van der Waals surface area contributed by atoms with Gasteiger partial charge in [-0.05, 0) is 42.3 Å². The molecule has 0 atom stereocenters. The Kier molecular flexibility index (Phi) is 4.69. The fourth-order valence-corrected chi connectivity index (χ4v) is 3.11. The predicted molar refractivity (Wildman–Crippen MR) is 106 cm³/mol. The van der Waals surface area contributed by atoms with E-state index in [1.165, 1.54) is 0 Å². The highest BCUT2D eigenvalue weighted by Crippen LogP contribution is 2.35.